The minimum absolute atomic E-state index is 0. The van der Waals surface area contributed by atoms with Crippen LogP contribution < -0.4 is 17.8 Å². The van der Waals surface area contributed by atoms with Gasteiger partial charge in [0.2, 0.25) is 0 Å². The summed E-state index contributed by atoms with van der Waals surface area (Å²) in [5, 5.41) is 0. The van der Waals surface area contributed by atoms with Crippen LogP contribution in [0.3, 0.4) is 0 Å². The second-order valence-corrected chi connectivity index (χ2v) is 4.13. The predicted octanol–water partition coefficient (Wildman–Crippen LogP) is -1.53. The zero-order valence-electron chi connectivity index (χ0n) is 9.72. The summed E-state index contributed by atoms with van der Waals surface area (Å²) < 4.78 is 0.455. The number of hydrogen-bond acceptors (Lipinski definition) is 1. The number of unbranched alkanes of at least 4 members (excludes halogenated alkanes) is 1. The molecular formula is C10H21ClN2O. The van der Waals surface area contributed by atoms with Crippen LogP contribution in [0.1, 0.15) is 26.7 Å². The number of allylic oxidation sites excluding steroid dienone is 1. The van der Waals surface area contributed by atoms with Gasteiger partial charge in [-0.3, -0.25) is 4.79 Å². The Morgan fingerprint density at radius 3 is 2.21 bits per heavy atom. The van der Waals surface area contributed by atoms with Gasteiger partial charge in [0.1, 0.15) is 0 Å². The summed E-state index contributed by atoms with van der Waals surface area (Å²) >= 11 is 0. The number of rotatable bonds is 4. The minimum Gasteiger partial charge on any atom is -1.00 e. The smallest absolute Gasteiger partial charge is 0.291 e. The molecule has 0 atom stereocenters. The molecule has 3 nitrogen and oxygen atoms in total. The lowest BCUT2D eigenvalue weighted by atomic mass is 10.2. The van der Waals surface area contributed by atoms with E-state index in [0.717, 1.165) is 18.4 Å². The normalized spacial score (nSPS) is 11.9. The van der Waals surface area contributed by atoms with Crippen LogP contribution >= 0.6 is 0 Å². The van der Waals surface area contributed by atoms with Crippen molar-refractivity contribution in [2.45, 2.75) is 26.7 Å². The van der Waals surface area contributed by atoms with Crippen LogP contribution in [0.25, 0.3) is 0 Å². The van der Waals surface area contributed by atoms with Crippen molar-refractivity contribution in [2.75, 3.05) is 21.1 Å². The molecule has 4 heteroatoms. The van der Waals surface area contributed by atoms with Crippen molar-refractivity contribution in [3.05, 3.63) is 11.6 Å². The summed E-state index contributed by atoms with van der Waals surface area (Å²) in [5.41, 5.74) is 3.66. The molecule has 0 aromatic rings. The Kier molecular flexibility index (Phi) is 7.78. The summed E-state index contributed by atoms with van der Waals surface area (Å²) in [7, 11) is 5.76. The molecular weight excluding hydrogens is 200 g/mol. The van der Waals surface area contributed by atoms with Crippen molar-refractivity contribution < 1.29 is 21.8 Å². The third-order valence-electron chi connectivity index (χ3n) is 1.53. The van der Waals surface area contributed by atoms with E-state index in [4.69, 9.17) is 0 Å². The maximum absolute atomic E-state index is 11.5. The summed E-state index contributed by atoms with van der Waals surface area (Å²) in [6.07, 6.45) is 4.02. The van der Waals surface area contributed by atoms with E-state index in [1.165, 1.54) is 0 Å². The maximum Gasteiger partial charge on any atom is 0.291 e. The molecule has 0 aliphatic rings. The molecule has 0 unspecified atom stereocenters. The lowest BCUT2D eigenvalue weighted by molar-refractivity contribution is -0.905. The van der Waals surface area contributed by atoms with Gasteiger partial charge in [-0.25, -0.2) is 4.59 Å². The molecule has 0 saturated heterocycles. The highest BCUT2D eigenvalue weighted by molar-refractivity contribution is 5.91. The minimum atomic E-state index is 0. The van der Waals surface area contributed by atoms with E-state index in [1.54, 1.807) is 0 Å². The maximum atomic E-state index is 11.5. The molecule has 0 heterocycles. The van der Waals surface area contributed by atoms with Crippen LogP contribution in [0.15, 0.2) is 11.6 Å². The third-order valence-corrected chi connectivity index (χ3v) is 1.53. The average Bonchev–Trinajstić information content (AvgIpc) is 1.96. The average molecular weight is 221 g/mol. The largest absolute Gasteiger partial charge is 1.00 e. The fraction of sp³-hybridized carbons (Fsp3) is 0.700. The van der Waals surface area contributed by atoms with Gasteiger partial charge in [0.15, 0.2) is 0 Å². The molecule has 0 fully saturated rings. The molecule has 1 N–H and O–H groups in total. The van der Waals surface area contributed by atoms with Crippen LogP contribution in [0, 0.1) is 0 Å². The lowest BCUT2D eigenvalue weighted by Gasteiger charge is -2.23. The first-order valence-electron chi connectivity index (χ1n) is 4.67. The van der Waals surface area contributed by atoms with Crippen LogP contribution in [0.5, 0.6) is 0 Å². The second kappa shape index (κ2) is 6.85. The van der Waals surface area contributed by atoms with Crippen molar-refractivity contribution in [3.8, 4) is 0 Å². The van der Waals surface area contributed by atoms with Gasteiger partial charge in [0, 0.05) is 5.57 Å². The lowest BCUT2D eigenvalue weighted by Crippen LogP contribution is -3.00. The molecule has 0 aromatic heterocycles. The molecule has 0 saturated carbocycles. The predicted molar refractivity (Wildman–Crippen MR) is 54.8 cm³/mol. The SMILES string of the molecule is CCCC=C(C)C(=O)N[N+](C)(C)C.[Cl-]. The zero-order valence-corrected chi connectivity index (χ0v) is 10.5. The topological polar surface area (TPSA) is 29.1 Å². The Morgan fingerprint density at radius 2 is 1.86 bits per heavy atom. The standard InChI is InChI=1S/C10H20N2O.ClH/c1-6-7-8-9(2)10(13)11-12(3,4)5;/h8H,6-7H2,1-5H3;1H. The fourth-order valence-electron chi connectivity index (χ4n) is 0.846. The number of halogens is 1. The van der Waals surface area contributed by atoms with E-state index < -0.39 is 0 Å². The second-order valence-electron chi connectivity index (χ2n) is 4.13. The highest BCUT2D eigenvalue weighted by Gasteiger charge is 2.12. The van der Waals surface area contributed by atoms with Crippen molar-refractivity contribution >= 4 is 5.91 Å². The molecule has 14 heavy (non-hydrogen) atoms. The quantitative estimate of drug-likeness (QED) is 0.348. The van der Waals surface area contributed by atoms with E-state index in [1.807, 2.05) is 34.1 Å². The third kappa shape index (κ3) is 8.08. The van der Waals surface area contributed by atoms with Gasteiger partial charge in [-0.2, -0.15) is 5.43 Å². The highest BCUT2D eigenvalue weighted by atomic mass is 35.5. The van der Waals surface area contributed by atoms with E-state index in [-0.39, 0.29) is 18.3 Å². The molecule has 0 aliphatic carbocycles. The Morgan fingerprint density at radius 1 is 1.36 bits per heavy atom. The number of quaternary nitrogens is 1. The fourth-order valence-corrected chi connectivity index (χ4v) is 0.846. The number of carbonyl (C=O) groups excluding carboxylic acids is 1. The van der Waals surface area contributed by atoms with Gasteiger partial charge < -0.3 is 12.4 Å². The molecule has 0 aliphatic heterocycles. The van der Waals surface area contributed by atoms with Gasteiger partial charge in [0.05, 0.1) is 21.1 Å². The van der Waals surface area contributed by atoms with E-state index in [0.29, 0.717) is 4.59 Å². The zero-order chi connectivity index (χ0) is 10.5. The Labute approximate surface area is 93.1 Å². The van der Waals surface area contributed by atoms with E-state index in [9.17, 15) is 4.79 Å². The van der Waals surface area contributed by atoms with Gasteiger partial charge >= 0.3 is 0 Å². The van der Waals surface area contributed by atoms with Crippen LogP contribution in [-0.4, -0.2) is 31.6 Å². The Balaban J connectivity index is 0. The first kappa shape index (κ1) is 15.9. The van der Waals surface area contributed by atoms with Crippen LogP contribution in [-0.2, 0) is 4.79 Å². The van der Waals surface area contributed by atoms with Gasteiger partial charge in [-0.1, -0.05) is 19.4 Å². The number of hydrogen-bond donors (Lipinski definition) is 1. The highest BCUT2D eigenvalue weighted by Crippen LogP contribution is 1.99. The van der Waals surface area contributed by atoms with Gasteiger partial charge in [0.25, 0.3) is 5.91 Å². The molecule has 0 aromatic carbocycles. The summed E-state index contributed by atoms with van der Waals surface area (Å²) in [6.45, 7) is 3.95. The molecule has 0 bridgehead atoms. The van der Waals surface area contributed by atoms with Crippen molar-refractivity contribution in [3.63, 3.8) is 0 Å². The summed E-state index contributed by atoms with van der Waals surface area (Å²) in [5.74, 6) is 0.0148. The monoisotopic (exact) mass is 220 g/mol. The molecule has 0 spiro atoms. The first-order chi connectivity index (χ1) is 5.87. The molecule has 1 amide bonds. The number of nitrogens with one attached hydrogen (secondary N) is 1. The molecule has 0 rings (SSSR count). The van der Waals surface area contributed by atoms with Crippen LogP contribution in [0.4, 0.5) is 0 Å². The number of nitrogens with zero attached hydrogens (tertiary/aromatic N) is 1. The number of carbonyl (C=O) groups is 1. The van der Waals surface area contributed by atoms with Gasteiger partial charge in [-0.05, 0) is 13.3 Å². The molecule has 84 valence electrons. The van der Waals surface area contributed by atoms with Gasteiger partial charge in [-0.15, -0.1) is 0 Å². The first-order valence-corrected chi connectivity index (χ1v) is 4.67. The van der Waals surface area contributed by atoms with E-state index in [2.05, 4.69) is 12.3 Å². The van der Waals surface area contributed by atoms with E-state index >= 15 is 0 Å². The van der Waals surface area contributed by atoms with Crippen molar-refractivity contribution in [2.24, 2.45) is 0 Å². The summed E-state index contributed by atoms with van der Waals surface area (Å²) in [4.78, 5) is 11.5. The number of amides is 1. The Hall–Kier alpha value is -0.540. The summed E-state index contributed by atoms with van der Waals surface area (Å²) in [6, 6.07) is 0. The van der Waals surface area contributed by atoms with Crippen molar-refractivity contribution in [1.29, 1.82) is 0 Å². The molecule has 0 radical (unpaired) electrons. The van der Waals surface area contributed by atoms with Crippen LogP contribution in [0.2, 0.25) is 0 Å². The Bertz CT molecular complexity index is 207. The van der Waals surface area contributed by atoms with Crippen molar-refractivity contribution in [1.82, 2.24) is 5.43 Å².